The molecule has 1 saturated heterocycles. The Morgan fingerprint density at radius 1 is 1.47 bits per heavy atom. The van der Waals surface area contributed by atoms with Gasteiger partial charge < -0.3 is 14.4 Å². The van der Waals surface area contributed by atoms with Crippen LogP contribution in [0.3, 0.4) is 0 Å². The van der Waals surface area contributed by atoms with Crippen LogP contribution < -0.4 is 4.90 Å². The minimum Gasteiger partial charge on any atom is -0.383 e. The summed E-state index contributed by atoms with van der Waals surface area (Å²) < 4.78 is 24.3. The molecule has 1 fully saturated rings. The molecule has 1 heterocycles. The van der Waals surface area contributed by atoms with Crippen LogP contribution in [0.2, 0.25) is 0 Å². The largest absolute Gasteiger partial charge is 0.383 e. The Hall–Kier alpha value is -1.64. The van der Waals surface area contributed by atoms with E-state index in [-0.39, 0.29) is 17.7 Å². The molecule has 0 spiro atoms. The monoisotopic (exact) mass is 264 g/mol. The van der Waals surface area contributed by atoms with Crippen LogP contribution in [0.4, 0.5) is 10.1 Å². The number of nitriles is 1. The maximum absolute atomic E-state index is 13.7. The van der Waals surface area contributed by atoms with Crippen molar-refractivity contribution in [3.8, 4) is 6.07 Å². The molecule has 4 nitrogen and oxygen atoms in total. The molecule has 0 N–H and O–H groups in total. The summed E-state index contributed by atoms with van der Waals surface area (Å²) >= 11 is 0. The first-order valence-corrected chi connectivity index (χ1v) is 6.18. The van der Waals surface area contributed by atoms with Gasteiger partial charge in [0.25, 0.3) is 0 Å². The fourth-order valence-corrected chi connectivity index (χ4v) is 2.55. The summed E-state index contributed by atoms with van der Waals surface area (Å²) in [6, 6.07) is 6.73. The van der Waals surface area contributed by atoms with Crippen LogP contribution in [-0.2, 0) is 9.47 Å². The van der Waals surface area contributed by atoms with Gasteiger partial charge in [0.15, 0.2) is 0 Å². The molecular formula is C14H17FN2O2. The van der Waals surface area contributed by atoms with Gasteiger partial charge in [0.05, 0.1) is 24.4 Å². The van der Waals surface area contributed by atoms with Crippen molar-refractivity contribution in [3.05, 3.63) is 29.6 Å². The predicted molar refractivity (Wildman–Crippen MR) is 69.5 cm³/mol. The summed E-state index contributed by atoms with van der Waals surface area (Å²) in [4.78, 5) is 2.00. The van der Waals surface area contributed by atoms with Crippen LogP contribution in [0.1, 0.15) is 12.0 Å². The molecule has 0 amide bonds. The zero-order valence-corrected chi connectivity index (χ0v) is 11.1. The van der Waals surface area contributed by atoms with E-state index < -0.39 is 5.82 Å². The Morgan fingerprint density at radius 2 is 2.26 bits per heavy atom. The molecule has 1 aromatic carbocycles. The van der Waals surface area contributed by atoms with Crippen LogP contribution in [-0.4, -0.2) is 39.5 Å². The number of ether oxygens (including phenoxy) is 2. The highest BCUT2D eigenvalue weighted by Gasteiger charge is 2.33. The first-order valence-electron chi connectivity index (χ1n) is 6.18. The van der Waals surface area contributed by atoms with Crippen LogP contribution in [0.5, 0.6) is 0 Å². The molecule has 2 rings (SSSR count). The predicted octanol–water partition coefficient (Wildman–Crippen LogP) is 1.94. The summed E-state index contributed by atoms with van der Waals surface area (Å²) in [6.45, 7) is 1.17. The quantitative estimate of drug-likeness (QED) is 0.833. The third kappa shape index (κ3) is 2.70. The van der Waals surface area contributed by atoms with Crippen molar-refractivity contribution in [2.45, 2.75) is 18.6 Å². The highest BCUT2D eigenvalue weighted by Crippen LogP contribution is 2.30. The third-order valence-corrected chi connectivity index (χ3v) is 3.48. The molecule has 1 aromatic rings. The second-order valence-corrected chi connectivity index (χ2v) is 4.60. The lowest BCUT2D eigenvalue weighted by molar-refractivity contribution is 0.111. The van der Waals surface area contributed by atoms with E-state index in [0.717, 1.165) is 6.42 Å². The van der Waals surface area contributed by atoms with Crippen molar-refractivity contribution in [1.29, 1.82) is 5.26 Å². The summed E-state index contributed by atoms with van der Waals surface area (Å²) in [6.07, 6.45) is 0.890. The van der Waals surface area contributed by atoms with Crippen LogP contribution in [0, 0.1) is 17.1 Å². The Labute approximate surface area is 112 Å². The average molecular weight is 264 g/mol. The summed E-state index contributed by atoms with van der Waals surface area (Å²) in [7, 11) is 3.30. The normalized spacial score (nSPS) is 22.5. The van der Waals surface area contributed by atoms with Crippen molar-refractivity contribution < 1.29 is 13.9 Å². The molecule has 5 heteroatoms. The maximum Gasteiger partial charge on any atom is 0.143 e. The van der Waals surface area contributed by atoms with E-state index in [1.807, 2.05) is 11.0 Å². The van der Waals surface area contributed by atoms with Gasteiger partial charge in [0, 0.05) is 20.8 Å². The summed E-state index contributed by atoms with van der Waals surface area (Å²) in [5.41, 5.74) is 0.699. The molecule has 102 valence electrons. The molecule has 0 unspecified atom stereocenters. The zero-order chi connectivity index (χ0) is 13.8. The van der Waals surface area contributed by atoms with E-state index in [4.69, 9.17) is 14.7 Å². The van der Waals surface area contributed by atoms with Gasteiger partial charge in [-0.3, -0.25) is 0 Å². The number of rotatable bonds is 4. The fourth-order valence-electron chi connectivity index (χ4n) is 2.55. The molecule has 0 saturated carbocycles. The van der Waals surface area contributed by atoms with Crippen molar-refractivity contribution in [2.75, 3.05) is 32.3 Å². The standard InChI is InChI=1S/C14H17FN2O2/c1-18-9-10-6-11(19-2)8-17(10)14-5-3-4-13(15)12(14)7-16/h3-5,10-11H,6,8-9H2,1-2H3/t10-,11-/m0/s1. The molecule has 2 atom stereocenters. The number of hydrogen-bond donors (Lipinski definition) is 0. The number of benzene rings is 1. The van der Waals surface area contributed by atoms with Gasteiger partial charge >= 0.3 is 0 Å². The molecule has 0 bridgehead atoms. The van der Waals surface area contributed by atoms with Crippen molar-refractivity contribution in [2.24, 2.45) is 0 Å². The molecule has 0 aliphatic carbocycles. The van der Waals surface area contributed by atoms with Crippen LogP contribution in [0.25, 0.3) is 0 Å². The zero-order valence-electron chi connectivity index (χ0n) is 11.1. The van der Waals surface area contributed by atoms with Crippen LogP contribution >= 0.6 is 0 Å². The lowest BCUT2D eigenvalue weighted by atomic mass is 10.1. The summed E-state index contributed by atoms with van der Waals surface area (Å²) in [5, 5.41) is 9.12. The topological polar surface area (TPSA) is 45.5 Å². The molecule has 1 aliphatic rings. The van der Waals surface area contributed by atoms with E-state index in [1.165, 1.54) is 6.07 Å². The molecule has 19 heavy (non-hydrogen) atoms. The molecule has 0 radical (unpaired) electrons. The van der Waals surface area contributed by atoms with E-state index in [2.05, 4.69) is 0 Å². The maximum atomic E-state index is 13.7. The molecule has 1 aliphatic heterocycles. The highest BCUT2D eigenvalue weighted by molar-refractivity contribution is 5.61. The van der Waals surface area contributed by atoms with Crippen molar-refractivity contribution in [1.82, 2.24) is 0 Å². The Morgan fingerprint density at radius 3 is 2.89 bits per heavy atom. The second kappa shape index (κ2) is 6.00. The Bertz CT molecular complexity index is 487. The van der Waals surface area contributed by atoms with Crippen molar-refractivity contribution in [3.63, 3.8) is 0 Å². The minimum absolute atomic E-state index is 0.0787. The van der Waals surface area contributed by atoms with Gasteiger partial charge in [-0.15, -0.1) is 0 Å². The van der Waals surface area contributed by atoms with Gasteiger partial charge in [-0.1, -0.05) is 6.07 Å². The summed E-state index contributed by atoms with van der Waals surface area (Å²) in [5.74, 6) is -0.489. The van der Waals surface area contributed by atoms with Crippen molar-refractivity contribution >= 4 is 5.69 Å². The molecular weight excluding hydrogens is 247 g/mol. The lowest BCUT2D eigenvalue weighted by Crippen LogP contribution is -2.33. The number of anilines is 1. The van der Waals surface area contributed by atoms with Gasteiger partial charge in [-0.05, 0) is 18.6 Å². The smallest absolute Gasteiger partial charge is 0.143 e. The SMILES string of the molecule is COC[C@@H]1C[C@H](OC)CN1c1cccc(F)c1C#N. The number of hydrogen-bond acceptors (Lipinski definition) is 4. The second-order valence-electron chi connectivity index (χ2n) is 4.60. The number of nitrogens with zero attached hydrogens (tertiary/aromatic N) is 2. The van der Waals surface area contributed by atoms with Gasteiger partial charge in [-0.2, -0.15) is 5.26 Å². The van der Waals surface area contributed by atoms with Gasteiger partial charge in [0.2, 0.25) is 0 Å². The number of methoxy groups -OCH3 is 2. The Kier molecular flexibility index (Phi) is 4.35. The first kappa shape index (κ1) is 13.8. The van der Waals surface area contributed by atoms with Crippen LogP contribution in [0.15, 0.2) is 18.2 Å². The molecule has 0 aromatic heterocycles. The third-order valence-electron chi connectivity index (χ3n) is 3.48. The van der Waals surface area contributed by atoms with Gasteiger partial charge in [-0.25, -0.2) is 4.39 Å². The highest BCUT2D eigenvalue weighted by atomic mass is 19.1. The van der Waals surface area contributed by atoms with E-state index in [1.54, 1.807) is 26.4 Å². The lowest BCUT2D eigenvalue weighted by Gasteiger charge is -2.26. The first-order chi connectivity index (χ1) is 9.21. The fraction of sp³-hybridized carbons (Fsp3) is 0.500. The van der Waals surface area contributed by atoms with E-state index >= 15 is 0 Å². The van der Waals surface area contributed by atoms with E-state index in [9.17, 15) is 4.39 Å². The van der Waals surface area contributed by atoms with Gasteiger partial charge in [0.1, 0.15) is 17.4 Å². The van der Waals surface area contributed by atoms with E-state index in [0.29, 0.717) is 18.8 Å². The number of halogens is 1. The Balaban J connectivity index is 2.34. The minimum atomic E-state index is -0.489. The average Bonchev–Trinajstić information content (AvgIpc) is 2.82.